The molecule has 5 heteroatoms. The SMILES string of the molecule is C=C(C)CN(CC)C(=O)c1c(F)ccc(N)c1F. The van der Waals surface area contributed by atoms with E-state index in [0.29, 0.717) is 6.54 Å². The summed E-state index contributed by atoms with van der Waals surface area (Å²) in [5.74, 6) is -2.64. The highest BCUT2D eigenvalue weighted by Gasteiger charge is 2.23. The minimum atomic E-state index is -1.01. The summed E-state index contributed by atoms with van der Waals surface area (Å²) in [6, 6.07) is 2.08. The summed E-state index contributed by atoms with van der Waals surface area (Å²) in [7, 11) is 0. The van der Waals surface area contributed by atoms with Gasteiger partial charge in [-0.25, -0.2) is 8.78 Å². The molecular weight excluding hydrogens is 238 g/mol. The average molecular weight is 254 g/mol. The summed E-state index contributed by atoms with van der Waals surface area (Å²) in [4.78, 5) is 13.4. The number of anilines is 1. The number of nitrogens with two attached hydrogens (primary N) is 1. The molecule has 1 amide bonds. The lowest BCUT2D eigenvalue weighted by Gasteiger charge is -2.21. The van der Waals surface area contributed by atoms with Gasteiger partial charge in [-0.1, -0.05) is 12.2 Å². The highest BCUT2D eigenvalue weighted by Crippen LogP contribution is 2.20. The van der Waals surface area contributed by atoms with Crippen LogP contribution in [0.2, 0.25) is 0 Å². The van der Waals surface area contributed by atoms with Crippen molar-refractivity contribution in [1.82, 2.24) is 4.90 Å². The van der Waals surface area contributed by atoms with Crippen LogP contribution in [0.4, 0.5) is 14.5 Å². The molecule has 0 heterocycles. The first-order valence-corrected chi connectivity index (χ1v) is 5.55. The highest BCUT2D eigenvalue weighted by molar-refractivity contribution is 5.95. The number of carbonyl (C=O) groups excluding carboxylic acids is 1. The van der Waals surface area contributed by atoms with Crippen LogP contribution >= 0.6 is 0 Å². The van der Waals surface area contributed by atoms with E-state index in [4.69, 9.17) is 5.73 Å². The number of benzene rings is 1. The number of hydrogen-bond acceptors (Lipinski definition) is 2. The summed E-state index contributed by atoms with van der Waals surface area (Å²) >= 11 is 0. The molecule has 1 aromatic carbocycles. The maximum Gasteiger partial charge on any atom is 0.260 e. The number of halogens is 2. The van der Waals surface area contributed by atoms with Crippen LogP contribution in [-0.2, 0) is 0 Å². The van der Waals surface area contributed by atoms with Gasteiger partial charge in [-0.2, -0.15) is 0 Å². The third kappa shape index (κ3) is 2.85. The fourth-order valence-electron chi connectivity index (χ4n) is 1.58. The van der Waals surface area contributed by atoms with Crippen LogP contribution in [0.25, 0.3) is 0 Å². The molecule has 0 spiro atoms. The van der Waals surface area contributed by atoms with Crippen LogP contribution in [0.15, 0.2) is 24.3 Å². The molecule has 0 aromatic heterocycles. The van der Waals surface area contributed by atoms with E-state index in [-0.39, 0.29) is 12.2 Å². The second-order valence-corrected chi connectivity index (χ2v) is 4.10. The Morgan fingerprint density at radius 1 is 1.44 bits per heavy atom. The Morgan fingerprint density at radius 3 is 2.56 bits per heavy atom. The second-order valence-electron chi connectivity index (χ2n) is 4.10. The fourth-order valence-corrected chi connectivity index (χ4v) is 1.58. The van der Waals surface area contributed by atoms with Gasteiger partial charge in [0.25, 0.3) is 5.91 Å². The molecule has 0 radical (unpaired) electrons. The quantitative estimate of drug-likeness (QED) is 0.663. The lowest BCUT2D eigenvalue weighted by molar-refractivity contribution is 0.0768. The average Bonchev–Trinajstić information content (AvgIpc) is 2.31. The number of rotatable bonds is 4. The maximum absolute atomic E-state index is 13.7. The number of carbonyl (C=O) groups is 1. The maximum atomic E-state index is 13.7. The molecule has 0 bridgehead atoms. The first-order valence-electron chi connectivity index (χ1n) is 5.55. The number of amides is 1. The van der Waals surface area contributed by atoms with E-state index >= 15 is 0 Å². The normalized spacial score (nSPS) is 10.2. The molecule has 0 aliphatic heterocycles. The topological polar surface area (TPSA) is 46.3 Å². The molecule has 0 unspecified atom stereocenters. The van der Waals surface area contributed by atoms with Gasteiger partial charge >= 0.3 is 0 Å². The van der Waals surface area contributed by atoms with Crippen molar-refractivity contribution in [3.63, 3.8) is 0 Å². The molecule has 1 rings (SSSR count). The second kappa shape index (κ2) is 5.62. The van der Waals surface area contributed by atoms with Crippen LogP contribution in [-0.4, -0.2) is 23.9 Å². The molecule has 0 aliphatic carbocycles. The predicted octanol–water partition coefficient (Wildman–Crippen LogP) is 2.59. The minimum absolute atomic E-state index is 0.244. The van der Waals surface area contributed by atoms with Crippen molar-refractivity contribution in [3.8, 4) is 0 Å². The third-order valence-corrected chi connectivity index (χ3v) is 2.46. The number of nitrogens with zero attached hydrogens (tertiary/aromatic N) is 1. The smallest absolute Gasteiger partial charge is 0.260 e. The standard InChI is InChI=1S/C13H16F2N2O/c1-4-17(7-8(2)3)13(18)11-9(14)5-6-10(16)12(11)15/h5-6H,2,4,7,16H2,1,3H3. The van der Waals surface area contributed by atoms with Gasteiger partial charge in [-0.05, 0) is 26.0 Å². The molecule has 0 atom stereocenters. The van der Waals surface area contributed by atoms with Crippen LogP contribution < -0.4 is 5.73 Å². The first kappa shape index (κ1) is 14.2. The number of nitrogen functional groups attached to an aromatic ring is 1. The van der Waals surface area contributed by atoms with Gasteiger partial charge < -0.3 is 10.6 Å². The van der Waals surface area contributed by atoms with Crippen LogP contribution in [0.3, 0.4) is 0 Å². The summed E-state index contributed by atoms with van der Waals surface area (Å²) in [6.07, 6.45) is 0. The molecule has 1 aromatic rings. The van der Waals surface area contributed by atoms with Gasteiger partial charge in [-0.15, -0.1) is 0 Å². The van der Waals surface area contributed by atoms with Crippen molar-refractivity contribution in [2.75, 3.05) is 18.8 Å². The fraction of sp³-hybridized carbons (Fsp3) is 0.308. The van der Waals surface area contributed by atoms with Crippen molar-refractivity contribution in [2.45, 2.75) is 13.8 Å². The van der Waals surface area contributed by atoms with Crippen LogP contribution in [0, 0.1) is 11.6 Å². The zero-order valence-corrected chi connectivity index (χ0v) is 10.5. The number of hydrogen-bond donors (Lipinski definition) is 1. The van der Waals surface area contributed by atoms with Crippen molar-refractivity contribution in [2.24, 2.45) is 0 Å². The monoisotopic (exact) mass is 254 g/mol. The highest BCUT2D eigenvalue weighted by atomic mass is 19.1. The van der Waals surface area contributed by atoms with Crippen molar-refractivity contribution < 1.29 is 13.6 Å². The lowest BCUT2D eigenvalue weighted by atomic mass is 10.1. The zero-order chi connectivity index (χ0) is 13.9. The summed E-state index contributed by atoms with van der Waals surface area (Å²) < 4.78 is 27.3. The molecule has 0 saturated heterocycles. The lowest BCUT2D eigenvalue weighted by Crippen LogP contribution is -2.33. The van der Waals surface area contributed by atoms with Crippen molar-refractivity contribution >= 4 is 11.6 Å². The molecule has 2 N–H and O–H groups in total. The van der Waals surface area contributed by atoms with E-state index in [9.17, 15) is 13.6 Å². The van der Waals surface area contributed by atoms with Crippen LogP contribution in [0.5, 0.6) is 0 Å². The van der Waals surface area contributed by atoms with Crippen molar-refractivity contribution in [3.05, 3.63) is 41.5 Å². The Bertz CT molecular complexity index is 486. The van der Waals surface area contributed by atoms with Gasteiger partial charge in [0.1, 0.15) is 11.4 Å². The Morgan fingerprint density at radius 2 is 2.06 bits per heavy atom. The number of likely N-dealkylation sites (N-methyl/N-ethyl adjacent to an activating group) is 1. The Balaban J connectivity index is 3.17. The zero-order valence-electron chi connectivity index (χ0n) is 10.5. The summed E-state index contributed by atoms with van der Waals surface area (Å²) in [5, 5.41) is 0. The van der Waals surface area contributed by atoms with Crippen molar-refractivity contribution in [1.29, 1.82) is 0 Å². The first-order chi connectivity index (χ1) is 8.38. The van der Waals surface area contributed by atoms with Gasteiger partial charge in [0, 0.05) is 13.1 Å². The van der Waals surface area contributed by atoms with Crippen LogP contribution in [0.1, 0.15) is 24.2 Å². The van der Waals surface area contributed by atoms with E-state index in [2.05, 4.69) is 6.58 Å². The largest absolute Gasteiger partial charge is 0.396 e. The summed E-state index contributed by atoms with van der Waals surface area (Å²) in [6.45, 7) is 7.72. The molecule has 18 heavy (non-hydrogen) atoms. The molecule has 0 saturated carbocycles. The Hall–Kier alpha value is -1.91. The Kier molecular flexibility index (Phi) is 4.42. The molecular formula is C13H16F2N2O. The Labute approximate surface area is 105 Å². The van der Waals surface area contributed by atoms with Gasteiger partial charge in [0.15, 0.2) is 5.82 Å². The van der Waals surface area contributed by atoms with E-state index in [1.807, 2.05) is 0 Å². The van der Waals surface area contributed by atoms with E-state index in [0.717, 1.165) is 17.7 Å². The molecule has 3 nitrogen and oxygen atoms in total. The third-order valence-electron chi connectivity index (χ3n) is 2.46. The minimum Gasteiger partial charge on any atom is -0.396 e. The predicted molar refractivity (Wildman–Crippen MR) is 67.2 cm³/mol. The molecule has 0 aliphatic rings. The van der Waals surface area contributed by atoms with Gasteiger partial charge in [0.05, 0.1) is 5.69 Å². The van der Waals surface area contributed by atoms with E-state index in [1.165, 1.54) is 4.90 Å². The molecule has 98 valence electrons. The summed E-state index contributed by atoms with van der Waals surface area (Å²) in [5.41, 5.74) is 5.21. The van der Waals surface area contributed by atoms with E-state index in [1.54, 1.807) is 13.8 Å². The van der Waals surface area contributed by atoms with E-state index < -0.39 is 23.1 Å². The molecule has 0 fully saturated rings. The van der Waals surface area contributed by atoms with Gasteiger partial charge in [-0.3, -0.25) is 4.79 Å². The van der Waals surface area contributed by atoms with Gasteiger partial charge in [0.2, 0.25) is 0 Å².